The molecule has 0 radical (unpaired) electrons. The molecule has 0 aromatic rings. The van der Waals surface area contributed by atoms with E-state index in [1.165, 1.54) is 0 Å². The normalized spacial score (nSPS) is 28.8. The number of rotatable bonds is 15. The van der Waals surface area contributed by atoms with E-state index in [-0.39, 0.29) is 42.0 Å². The third-order valence-corrected chi connectivity index (χ3v) is 21.9. The lowest BCUT2D eigenvalue weighted by Gasteiger charge is -2.52. The average Bonchev–Trinajstić information content (AvgIpc) is 2.95. The van der Waals surface area contributed by atoms with Gasteiger partial charge in [-0.05, 0) is 66.5 Å². The fourth-order valence-electron chi connectivity index (χ4n) is 8.39. The summed E-state index contributed by atoms with van der Waals surface area (Å²) >= 11 is 0. The van der Waals surface area contributed by atoms with E-state index >= 15 is 0 Å². The minimum Gasteiger partial charge on any atom is -0.413 e. The summed E-state index contributed by atoms with van der Waals surface area (Å²) < 4.78 is 28.0. The Morgan fingerprint density at radius 1 is 1.00 bits per heavy atom. The summed E-state index contributed by atoms with van der Waals surface area (Å²) in [6.07, 6.45) is 9.77. The molecule has 0 N–H and O–H groups in total. The fraction of sp³-hybridized carbons (Fsp3) is 0.865. The van der Waals surface area contributed by atoms with Crippen molar-refractivity contribution in [1.82, 2.24) is 0 Å². The molecule has 5 nitrogen and oxygen atoms in total. The van der Waals surface area contributed by atoms with Crippen molar-refractivity contribution in [1.29, 1.82) is 0 Å². The summed E-state index contributed by atoms with van der Waals surface area (Å²) in [5, 5.41) is 0. The molecule has 2 saturated heterocycles. The van der Waals surface area contributed by atoms with E-state index in [1.54, 1.807) is 0 Å². The first-order valence-electron chi connectivity index (χ1n) is 17.8. The molecule has 0 unspecified atom stereocenters. The van der Waals surface area contributed by atoms with Crippen LogP contribution < -0.4 is 0 Å². The standard InChI is InChI=1S/C37H68O5Si2/c1-16-29(13)36(42-44(26(7)8,27(9)10)28(11)12)30(14)20-21-33-22-32(38)23-37(39-33)24-34(31(15)35(40-37)25(5)6)41-43(17-2,18-3)19-4/h1,20,25-29,31,33-36H,17-19,21-24H2,2-15H3/b30-20+/t29-,31-,33+,34-,35+,36-,37-/m0/s1. The van der Waals surface area contributed by atoms with Gasteiger partial charge in [0.1, 0.15) is 5.78 Å². The summed E-state index contributed by atoms with van der Waals surface area (Å²) in [5.41, 5.74) is 2.53. The van der Waals surface area contributed by atoms with Gasteiger partial charge in [0.15, 0.2) is 14.1 Å². The predicted molar refractivity (Wildman–Crippen MR) is 190 cm³/mol. The van der Waals surface area contributed by atoms with Crippen molar-refractivity contribution in [2.24, 2.45) is 17.8 Å². The van der Waals surface area contributed by atoms with Gasteiger partial charge in [-0.2, -0.15) is 0 Å². The highest BCUT2D eigenvalue weighted by molar-refractivity contribution is 6.77. The van der Waals surface area contributed by atoms with Gasteiger partial charge in [-0.1, -0.05) is 89.2 Å². The van der Waals surface area contributed by atoms with Gasteiger partial charge in [0.25, 0.3) is 0 Å². The maximum atomic E-state index is 13.4. The van der Waals surface area contributed by atoms with E-state index in [4.69, 9.17) is 24.7 Å². The van der Waals surface area contributed by atoms with Crippen LogP contribution in [0.25, 0.3) is 0 Å². The lowest BCUT2D eigenvalue weighted by molar-refractivity contribution is -0.333. The van der Waals surface area contributed by atoms with E-state index in [0.717, 1.165) is 23.7 Å². The molecule has 254 valence electrons. The Morgan fingerprint density at radius 2 is 1.55 bits per heavy atom. The molecule has 0 aromatic heterocycles. The highest BCUT2D eigenvalue weighted by Gasteiger charge is 2.53. The molecule has 0 saturated carbocycles. The molecule has 0 aliphatic carbocycles. The Balaban J connectivity index is 2.38. The number of carbonyl (C=O) groups is 1. The van der Waals surface area contributed by atoms with E-state index in [1.807, 2.05) is 0 Å². The second-order valence-corrected chi connectivity index (χ2v) is 25.5. The first-order valence-corrected chi connectivity index (χ1v) is 22.5. The van der Waals surface area contributed by atoms with Gasteiger partial charge < -0.3 is 18.3 Å². The van der Waals surface area contributed by atoms with E-state index in [2.05, 4.69) is 109 Å². The number of terminal acetylenes is 1. The van der Waals surface area contributed by atoms with Crippen molar-refractivity contribution in [3.63, 3.8) is 0 Å². The summed E-state index contributed by atoms with van der Waals surface area (Å²) in [6.45, 7) is 31.6. The highest BCUT2D eigenvalue weighted by Crippen LogP contribution is 2.46. The quantitative estimate of drug-likeness (QED) is 0.100. The van der Waals surface area contributed by atoms with Crippen LogP contribution in [0.5, 0.6) is 0 Å². The zero-order chi connectivity index (χ0) is 33.6. The summed E-state index contributed by atoms with van der Waals surface area (Å²) in [7, 11) is -4.02. The van der Waals surface area contributed by atoms with Gasteiger partial charge in [0.05, 0.1) is 30.8 Å². The lowest BCUT2D eigenvalue weighted by Crippen LogP contribution is -2.60. The topological polar surface area (TPSA) is 54.0 Å². The molecule has 1 spiro atoms. The molecular weight excluding hydrogens is 581 g/mol. The number of ketones is 1. The largest absolute Gasteiger partial charge is 0.413 e. The lowest BCUT2D eigenvalue weighted by atomic mass is 9.81. The third-order valence-electron chi connectivity index (χ3n) is 11.2. The van der Waals surface area contributed by atoms with Crippen molar-refractivity contribution < 1.29 is 23.1 Å². The van der Waals surface area contributed by atoms with Crippen LogP contribution in [0.3, 0.4) is 0 Å². The van der Waals surface area contributed by atoms with Crippen molar-refractivity contribution in [2.75, 3.05) is 0 Å². The SMILES string of the molecule is C#C[C@H](C)[C@H](O[Si](C(C)C)(C(C)C)C(C)C)/C(C)=C/C[C@@H]1CC(=O)C[C@]2(C[C@H](O[Si](CC)(CC)CC)[C@H](C)[C@@H](C(C)C)O2)O1. The molecular formula is C37H68O5Si2. The summed E-state index contributed by atoms with van der Waals surface area (Å²) in [5.74, 6) is 2.74. The van der Waals surface area contributed by atoms with Crippen LogP contribution >= 0.6 is 0 Å². The Labute approximate surface area is 274 Å². The number of carbonyl (C=O) groups excluding carboxylic acids is 1. The van der Waals surface area contributed by atoms with E-state index in [9.17, 15) is 4.79 Å². The van der Waals surface area contributed by atoms with E-state index in [0.29, 0.717) is 48.2 Å². The molecule has 2 aliphatic rings. The molecule has 0 bridgehead atoms. The second kappa shape index (κ2) is 16.4. The van der Waals surface area contributed by atoms with Crippen molar-refractivity contribution >= 4 is 22.4 Å². The van der Waals surface area contributed by atoms with Crippen LogP contribution in [0.2, 0.25) is 34.8 Å². The minimum absolute atomic E-state index is 0.0229. The zero-order valence-electron chi connectivity index (χ0n) is 30.9. The number of hydrogen-bond donors (Lipinski definition) is 0. The number of ether oxygens (including phenoxy) is 2. The van der Waals surface area contributed by atoms with E-state index < -0.39 is 22.4 Å². The highest BCUT2D eigenvalue weighted by atomic mass is 28.4. The Kier molecular flexibility index (Phi) is 14.7. The molecule has 2 rings (SSSR count). The fourth-order valence-corrected chi connectivity index (χ4v) is 17.0. The monoisotopic (exact) mass is 648 g/mol. The van der Waals surface area contributed by atoms with Gasteiger partial charge in [0.2, 0.25) is 8.32 Å². The molecule has 2 aliphatic heterocycles. The molecule has 2 heterocycles. The van der Waals surface area contributed by atoms with Gasteiger partial charge in [-0.25, -0.2) is 0 Å². The van der Waals surface area contributed by atoms with Gasteiger partial charge in [-0.15, -0.1) is 12.3 Å². The van der Waals surface area contributed by atoms with Gasteiger partial charge in [0, 0.05) is 24.7 Å². The molecule has 0 aromatic carbocycles. The van der Waals surface area contributed by atoms with Crippen molar-refractivity contribution in [3.05, 3.63) is 11.6 Å². The van der Waals surface area contributed by atoms with Crippen LogP contribution in [0, 0.1) is 30.1 Å². The molecule has 2 fully saturated rings. The Bertz CT molecular complexity index is 964. The summed E-state index contributed by atoms with van der Waals surface area (Å²) in [6, 6.07) is 3.30. The number of hydrogen-bond acceptors (Lipinski definition) is 5. The van der Waals surface area contributed by atoms with Gasteiger partial charge in [-0.3, -0.25) is 4.79 Å². The third kappa shape index (κ3) is 8.78. The smallest absolute Gasteiger partial charge is 0.201 e. The maximum absolute atomic E-state index is 13.4. The number of Topliss-reactive ketones (excluding diaryl/α,β-unsaturated/α-hetero) is 1. The molecule has 0 amide bonds. The minimum atomic E-state index is -2.16. The van der Waals surface area contributed by atoms with Gasteiger partial charge >= 0.3 is 0 Å². The molecule has 44 heavy (non-hydrogen) atoms. The maximum Gasteiger partial charge on any atom is 0.201 e. The summed E-state index contributed by atoms with van der Waals surface area (Å²) in [4.78, 5) is 13.4. The molecule has 7 heteroatoms. The first-order chi connectivity index (χ1) is 20.5. The zero-order valence-corrected chi connectivity index (χ0v) is 32.9. The van der Waals surface area contributed by atoms with Crippen LogP contribution in [-0.2, 0) is 23.1 Å². The van der Waals surface area contributed by atoms with Crippen LogP contribution in [0.15, 0.2) is 11.6 Å². The Morgan fingerprint density at radius 3 is 2.00 bits per heavy atom. The van der Waals surface area contributed by atoms with Crippen molar-refractivity contribution in [3.8, 4) is 12.3 Å². The van der Waals surface area contributed by atoms with Crippen LogP contribution in [0.4, 0.5) is 0 Å². The van der Waals surface area contributed by atoms with Crippen molar-refractivity contribution in [2.45, 2.75) is 188 Å². The molecule has 7 atom stereocenters. The predicted octanol–water partition coefficient (Wildman–Crippen LogP) is 10.1. The average molecular weight is 649 g/mol. The van der Waals surface area contributed by atoms with Crippen LogP contribution in [-0.4, -0.2) is 52.6 Å². The Hall–Kier alpha value is -0.756. The second-order valence-electron chi connectivity index (χ2n) is 15.4. The first kappa shape index (κ1) is 39.4. The van der Waals surface area contributed by atoms with Crippen LogP contribution in [0.1, 0.15) is 123 Å².